The molecular weight excluding hydrogens is 442 g/mol. The molecule has 2 fully saturated rings. The Bertz CT molecular complexity index is 890. The quantitative estimate of drug-likeness (QED) is 0.578. The Morgan fingerprint density at radius 2 is 1.70 bits per heavy atom. The van der Waals surface area contributed by atoms with Gasteiger partial charge in [0, 0.05) is 28.7 Å². The number of amides is 2. The Labute approximate surface area is 186 Å². The zero-order chi connectivity index (χ0) is 21.1. The van der Waals surface area contributed by atoms with Crippen LogP contribution in [-0.4, -0.2) is 35.3 Å². The molecular formula is C24H28BrN3O2. The molecule has 0 radical (unpaired) electrons. The summed E-state index contributed by atoms with van der Waals surface area (Å²) in [6.45, 7) is 3.11. The van der Waals surface area contributed by atoms with Crippen molar-refractivity contribution in [3.05, 3.63) is 69.7 Å². The van der Waals surface area contributed by atoms with Gasteiger partial charge in [-0.2, -0.15) is 0 Å². The van der Waals surface area contributed by atoms with Gasteiger partial charge in [0.05, 0.1) is 12.6 Å². The number of carbonyl (C=O) groups excluding carboxylic acids is 2. The normalized spacial score (nSPS) is 16.9. The Hall–Kier alpha value is -2.18. The van der Waals surface area contributed by atoms with Gasteiger partial charge in [-0.3, -0.25) is 14.5 Å². The van der Waals surface area contributed by atoms with Crippen LogP contribution in [0, 0.1) is 0 Å². The molecule has 6 heteroatoms. The standard InChI is InChI=1S/C24H28BrN3O2/c1-16(18-6-8-20(25)9-7-18)26-23(29)15-28(22-12-13-22)14-17-2-4-19(5-3-17)24(30)27-21-10-11-21/h2-9,16,21-22H,10-15H2,1H3,(H,26,29)(H,27,30). The van der Waals surface area contributed by atoms with Gasteiger partial charge in [-0.25, -0.2) is 0 Å². The molecule has 4 rings (SSSR count). The van der Waals surface area contributed by atoms with Crippen LogP contribution in [0.25, 0.3) is 0 Å². The summed E-state index contributed by atoms with van der Waals surface area (Å²) in [6.07, 6.45) is 4.44. The maximum Gasteiger partial charge on any atom is 0.251 e. The number of hydrogen-bond donors (Lipinski definition) is 2. The fraction of sp³-hybridized carbons (Fsp3) is 0.417. The lowest BCUT2D eigenvalue weighted by atomic mass is 10.1. The second-order valence-corrected chi connectivity index (χ2v) is 9.34. The monoisotopic (exact) mass is 469 g/mol. The Kier molecular flexibility index (Phi) is 6.54. The molecule has 30 heavy (non-hydrogen) atoms. The van der Waals surface area contributed by atoms with Crippen molar-refractivity contribution in [2.24, 2.45) is 0 Å². The first-order chi connectivity index (χ1) is 14.5. The minimum Gasteiger partial charge on any atom is -0.349 e. The van der Waals surface area contributed by atoms with E-state index < -0.39 is 0 Å². The maximum atomic E-state index is 12.7. The number of nitrogens with one attached hydrogen (secondary N) is 2. The van der Waals surface area contributed by atoms with E-state index in [1.807, 2.05) is 55.5 Å². The molecule has 0 heterocycles. The third-order valence-electron chi connectivity index (χ3n) is 5.67. The molecule has 1 unspecified atom stereocenters. The van der Waals surface area contributed by atoms with Crippen LogP contribution in [0.15, 0.2) is 53.0 Å². The van der Waals surface area contributed by atoms with Gasteiger partial charge >= 0.3 is 0 Å². The summed E-state index contributed by atoms with van der Waals surface area (Å²) in [5.41, 5.74) is 2.91. The summed E-state index contributed by atoms with van der Waals surface area (Å²) in [5.74, 6) is 0.0437. The predicted octanol–water partition coefficient (Wildman–Crippen LogP) is 4.18. The average molecular weight is 470 g/mol. The van der Waals surface area contributed by atoms with E-state index in [1.165, 1.54) is 0 Å². The lowest BCUT2D eigenvalue weighted by Gasteiger charge is -2.23. The lowest BCUT2D eigenvalue weighted by molar-refractivity contribution is -0.123. The third kappa shape index (κ3) is 5.92. The predicted molar refractivity (Wildman–Crippen MR) is 121 cm³/mol. The second-order valence-electron chi connectivity index (χ2n) is 8.42. The molecule has 0 saturated heterocycles. The molecule has 2 saturated carbocycles. The fourth-order valence-corrected chi connectivity index (χ4v) is 3.82. The molecule has 0 bridgehead atoms. The number of carbonyl (C=O) groups is 2. The molecule has 0 aliphatic heterocycles. The van der Waals surface area contributed by atoms with Crippen LogP contribution in [0.5, 0.6) is 0 Å². The van der Waals surface area contributed by atoms with E-state index in [4.69, 9.17) is 0 Å². The minimum atomic E-state index is -0.0316. The van der Waals surface area contributed by atoms with Gasteiger partial charge in [0.15, 0.2) is 0 Å². The zero-order valence-corrected chi connectivity index (χ0v) is 18.8. The van der Waals surface area contributed by atoms with E-state index >= 15 is 0 Å². The largest absolute Gasteiger partial charge is 0.349 e. The SMILES string of the molecule is CC(NC(=O)CN(Cc1ccc(C(=O)NC2CC2)cc1)C1CC1)c1ccc(Br)cc1. The van der Waals surface area contributed by atoms with Crippen molar-refractivity contribution in [1.29, 1.82) is 0 Å². The molecule has 2 aromatic rings. The van der Waals surface area contributed by atoms with E-state index in [2.05, 4.69) is 31.5 Å². The van der Waals surface area contributed by atoms with Crippen LogP contribution >= 0.6 is 15.9 Å². The molecule has 2 aliphatic carbocycles. The Morgan fingerprint density at radius 1 is 1.03 bits per heavy atom. The smallest absolute Gasteiger partial charge is 0.251 e. The molecule has 2 aliphatic rings. The summed E-state index contributed by atoms with van der Waals surface area (Å²) >= 11 is 3.44. The number of benzene rings is 2. The van der Waals surface area contributed by atoms with E-state index in [1.54, 1.807) is 0 Å². The van der Waals surface area contributed by atoms with Crippen molar-refractivity contribution >= 4 is 27.7 Å². The van der Waals surface area contributed by atoms with Crippen LogP contribution in [0.3, 0.4) is 0 Å². The highest BCUT2D eigenvalue weighted by atomic mass is 79.9. The molecule has 2 N–H and O–H groups in total. The van der Waals surface area contributed by atoms with Crippen molar-refractivity contribution < 1.29 is 9.59 Å². The molecule has 2 aromatic carbocycles. The number of hydrogen-bond acceptors (Lipinski definition) is 3. The highest BCUT2D eigenvalue weighted by Crippen LogP contribution is 2.28. The highest BCUT2D eigenvalue weighted by molar-refractivity contribution is 9.10. The maximum absolute atomic E-state index is 12.7. The first kappa shape index (κ1) is 21.1. The molecule has 5 nitrogen and oxygen atoms in total. The van der Waals surface area contributed by atoms with Crippen LogP contribution in [0.4, 0.5) is 0 Å². The average Bonchev–Trinajstić information content (AvgIpc) is 3.62. The number of halogens is 1. The van der Waals surface area contributed by atoms with Crippen LogP contribution < -0.4 is 10.6 Å². The van der Waals surface area contributed by atoms with Gasteiger partial charge < -0.3 is 10.6 Å². The fourth-order valence-electron chi connectivity index (χ4n) is 3.55. The minimum absolute atomic E-state index is 0.00408. The van der Waals surface area contributed by atoms with Crippen LogP contribution in [-0.2, 0) is 11.3 Å². The summed E-state index contributed by atoms with van der Waals surface area (Å²) in [7, 11) is 0. The van der Waals surface area contributed by atoms with Gasteiger partial charge in [0.1, 0.15) is 0 Å². The van der Waals surface area contributed by atoms with Gasteiger partial charge in [-0.1, -0.05) is 40.2 Å². The van der Waals surface area contributed by atoms with Crippen LogP contribution in [0.1, 0.15) is 60.1 Å². The third-order valence-corrected chi connectivity index (χ3v) is 6.20. The Morgan fingerprint density at radius 3 is 2.30 bits per heavy atom. The summed E-state index contributed by atoms with van der Waals surface area (Å²) in [4.78, 5) is 27.1. The number of nitrogens with zero attached hydrogens (tertiary/aromatic N) is 1. The zero-order valence-electron chi connectivity index (χ0n) is 17.2. The Balaban J connectivity index is 1.31. The van der Waals surface area contributed by atoms with Crippen molar-refractivity contribution in [2.45, 2.75) is 57.3 Å². The topological polar surface area (TPSA) is 61.4 Å². The summed E-state index contributed by atoms with van der Waals surface area (Å²) in [5, 5.41) is 6.13. The van der Waals surface area contributed by atoms with Gasteiger partial charge in [0.25, 0.3) is 5.91 Å². The number of rotatable bonds is 9. The lowest BCUT2D eigenvalue weighted by Crippen LogP contribution is -2.39. The van der Waals surface area contributed by atoms with Crippen molar-refractivity contribution in [3.63, 3.8) is 0 Å². The molecule has 1 atom stereocenters. The molecule has 158 valence electrons. The van der Waals surface area contributed by atoms with E-state index in [0.717, 1.165) is 47.8 Å². The molecule has 0 spiro atoms. The second kappa shape index (κ2) is 9.31. The van der Waals surface area contributed by atoms with Crippen molar-refractivity contribution in [1.82, 2.24) is 15.5 Å². The molecule has 0 aromatic heterocycles. The van der Waals surface area contributed by atoms with Gasteiger partial charge in [0.2, 0.25) is 5.91 Å². The summed E-state index contributed by atoms with van der Waals surface area (Å²) in [6, 6.07) is 16.6. The first-order valence-corrected chi connectivity index (χ1v) is 11.5. The highest BCUT2D eigenvalue weighted by Gasteiger charge is 2.30. The van der Waals surface area contributed by atoms with E-state index in [0.29, 0.717) is 24.2 Å². The molecule has 2 amide bonds. The van der Waals surface area contributed by atoms with Crippen LogP contribution in [0.2, 0.25) is 0 Å². The van der Waals surface area contributed by atoms with E-state index in [-0.39, 0.29) is 17.9 Å². The van der Waals surface area contributed by atoms with E-state index in [9.17, 15) is 9.59 Å². The summed E-state index contributed by atoms with van der Waals surface area (Å²) < 4.78 is 1.03. The first-order valence-electron chi connectivity index (χ1n) is 10.7. The van der Waals surface area contributed by atoms with Crippen molar-refractivity contribution in [2.75, 3.05) is 6.54 Å². The van der Waals surface area contributed by atoms with Gasteiger partial charge in [-0.15, -0.1) is 0 Å². The van der Waals surface area contributed by atoms with Gasteiger partial charge in [-0.05, 0) is 68.0 Å². The van der Waals surface area contributed by atoms with Crippen molar-refractivity contribution in [3.8, 4) is 0 Å².